The van der Waals surface area contributed by atoms with Crippen LogP contribution in [0.4, 0.5) is 17.6 Å². The lowest BCUT2D eigenvalue weighted by Gasteiger charge is -2.12. The minimum absolute atomic E-state index is 0.0461. The van der Waals surface area contributed by atoms with Crippen LogP contribution in [0.2, 0.25) is 0 Å². The molecule has 3 aromatic rings. The normalized spacial score (nSPS) is 11.4. The molecular weight excluding hydrogens is 364 g/mol. The maximum absolute atomic E-state index is 13.5. The third-order valence-electron chi connectivity index (χ3n) is 3.76. The molecule has 0 aliphatic heterocycles. The van der Waals surface area contributed by atoms with E-state index in [1.54, 1.807) is 18.2 Å². The van der Waals surface area contributed by atoms with E-state index in [2.05, 4.69) is 15.4 Å². The van der Waals surface area contributed by atoms with Crippen molar-refractivity contribution < 1.29 is 22.4 Å². The zero-order chi connectivity index (χ0) is 19.4. The summed E-state index contributed by atoms with van der Waals surface area (Å²) < 4.78 is 54.0. The fourth-order valence-electron chi connectivity index (χ4n) is 2.51. The Morgan fingerprint density at radius 2 is 1.85 bits per heavy atom. The number of benzene rings is 1. The fraction of sp³-hybridized carbons (Fsp3) is 0.167. The largest absolute Gasteiger partial charge is 0.434 e. The Hall–Kier alpha value is -3.23. The lowest BCUT2D eigenvalue weighted by Crippen LogP contribution is -2.28. The summed E-state index contributed by atoms with van der Waals surface area (Å²) in [5.74, 6) is -1.33. The van der Waals surface area contributed by atoms with Gasteiger partial charge in [0.05, 0.1) is 11.8 Å². The molecule has 0 aliphatic rings. The molecule has 0 aliphatic carbocycles. The third-order valence-corrected chi connectivity index (χ3v) is 3.76. The summed E-state index contributed by atoms with van der Waals surface area (Å²) >= 11 is 0. The SMILES string of the molecule is O=C(NCCc1ccc(F)cc1)c1cnn(-c2ccccn2)c1C(F)(F)F. The van der Waals surface area contributed by atoms with Crippen molar-refractivity contribution in [2.45, 2.75) is 12.6 Å². The molecule has 0 saturated heterocycles. The Morgan fingerprint density at radius 3 is 2.48 bits per heavy atom. The smallest absolute Gasteiger partial charge is 0.352 e. The number of carbonyl (C=O) groups excluding carboxylic acids is 1. The number of nitrogens with zero attached hydrogens (tertiary/aromatic N) is 3. The van der Waals surface area contributed by atoms with E-state index in [0.29, 0.717) is 11.1 Å². The number of hydrogen-bond donors (Lipinski definition) is 1. The molecule has 0 spiro atoms. The number of rotatable bonds is 5. The van der Waals surface area contributed by atoms with Gasteiger partial charge in [0.2, 0.25) is 0 Å². The second-order valence-corrected chi connectivity index (χ2v) is 5.64. The molecule has 0 unspecified atom stereocenters. The van der Waals surface area contributed by atoms with Crippen LogP contribution in [0.1, 0.15) is 21.6 Å². The van der Waals surface area contributed by atoms with Gasteiger partial charge in [-0.1, -0.05) is 18.2 Å². The van der Waals surface area contributed by atoms with E-state index >= 15 is 0 Å². The van der Waals surface area contributed by atoms with Crippen LogP contribution in [0.15, 0.2) is 54.9 Å². The van der Waals surface area contributed by atoms with E-state index in [0.717, 1.165) is 11.8 Å². The maximum atomic E-state index is 13.5. The molecule has 1 aromatic carbocycles. The number of pyridine rings is 1. The molecule has 1 amide bonds. The van der Waals surface area contributed by atoms with Crippen LogP contribution in [0.5, 0.6) is 0 Å². The van der Waals surface area contributed by atoms with Crippen molar-refractivity contribution in [3.63, 3.8) is 0 Å². The maximum Gasteiger partial charge on any atom is 0.434 e. The molecule has 0 bridgehead atoms. The van der Waals surface area contributed by atoms with Gasteiger partial charge in [0, 0.05) is 12.7 Å². The number of amides is 1. The quantitative estimate of drug-likeness (QED) is 0.693. The van der Waals surface area contributed by atoms with Crippen molar-refractivity contribution in [1.29, 1.82) is 0 Å². The highest BCUT2D eigenvalue weighted by atomic mass is 19.4. The topological polar surface area (TPSA) is 59.8 Å². The predicted octanol–water partition coefficient (Wildman–Crippen LogP) is 3.40. The summed E-state index contributed by atoms with van der Waals surface area (Å²) in [7, 11) is 0. The van der Waals surface area contributed by atoms with E-state index in [1.807, 2.05) is 0 Å². The zero-order valence-corrected chi connectivity index (χ0v) is 13.9. The summed E-state index contributed by atoms with van der Waals surface area (Å²) in [6.07, 6.45) is -2.25. The van der Waals surface area contributed by atoms with Gasteiger partial charge >= 0.3 is 6.18 Å². The zero-order valence-electron chi connectivity index (χ0n) is 13.9. The van der Waals surface area contributed by atoms with Crippen molar-refractivity contribution in [3.05, 3.63) is 77.5 Å². The molecule has 27 heavy (non-hydrogen) atoms. The standard InChI is InChI=1S/C18H14F4N4O/c19-13-6-4-12(5-7-13)8-10-24-17(27)14-11-25-26(16(14)18(20,21)22)15-3-1-2-9-23-15/h1-7,9,11H,8,10H2,(H,24,27). The number of nitrogens with one attached hydrogen (secondary N) is 1. The van der Waals surface area contributed by atoms with Crippen molar-refractivity contribution >= 4 is 5.91 Å². The molecule has 0 radical (unpaired) electrons. The first-order valence-electron chi connectivity index (χ1n) is 7.95. The number of halogens is 4. The number of alkyl halides is 3. The van der Waals surface area contributed by atoms with E-state index in [-0.39, 0.29) is 18.2 Å². The molecule has 3 rings (SSSR count). The first kappa shape index (κ1) is 18.6. The Kier molecular flexibility index (Phi) is 5.20. The Bertz CT molecular complexity index is 921. The molecule has 9 heteroatoms. The van der Waals surface area contributed by atoms with Crippen LogP contribution in [-0.2, 0) is 12.6 Å². The Labute approximate surface area is 151 Å². The van der Waals surface area contributed by atoms with Crippen LogP contribution in [0, 0.1) is 5.82 Å². The summed E-state index contributed by atoms with van der Waals surface area (Å²) in [4.78, 5) is 16.1. The van der Waals surface area contributed by atoms with Gasteiger partial charge in [-0.25, -0.2) is 14.1 Å². The molecule has 2 aromatic heterocycles. The minimum atomic E-state index is -4.79. The second-order valence-electron chi connectivity index (χ2n) is 5.64. The Morgan fingerprint density at radius 1 is 1.11 bits per heavy atom. The van der Waals surface area contributed by atoms with Gasteiger partial charge in [-0.2, -0.15) is 18.3 Å². The van der Waals surface area contributed by atoms with Crippen LogP contribution in [0.3, 0.4) is 0 Å². The third kappa shape index (κ3) is 4.30. The summed E-state index contributed by atoms with van der Waals surface area (Å²) in [6, 6.07) is 10.1. The van der Waals surface area contributed by atoms with Crippen molar-refractivity contribution in [2.24, 2.45) is 0 Å². The first-order valence-corrected chi connectivity index (χ1v) is 7.95. The lowest BCUT2D eigenvalue weighted by atomic mass is 10.1. The highest BCUT2D eigenvalue weighted by Gasteiger charge is 2.40. The van der Waals surface area contributed by atoms with Crippen LogP contribution >= 0.6 is 0 Å². The van der Waals surface area contributed by atoms with Crippen molar-refractivity contribution in [3.8, 4) is 5.82 Å². The van der Waals surface area contributed by atoms with Crippen LogP contribution < -0.4 is 5.32 Å². The van der Waals surface area contributed by atoms with Gasteiger partial charge in [-0.15, -0.1) is 0 Å². The molecule has 140 valence electrons. The average molecular weight is 378 g/mol. The molecule has 2 heterocycles. The van der Waals surface area contributed by atoms with Crippen LogP contribution in [-0.4, -0.2) is 27.2 Å². The van der Waals surface area contributed by atoms with Gasteiger partial charge in [0.1, 0.15) is 5.82 Å². The molecule has 0 saturated carbocycles. The molecular formula is C18H14F4N4O. The summed E-state index contributed by atoms with van der Waals surface area (Å²) in [6.45, 7) is 0.0938. The van der Waals surface area contributed by atoms with Gasteiger partial charge in [-0.05, 0) is 36.2 Å². The number of aromatic nitrogens is 3. The summed E-state index contributed by atoms with van der Waals surface area (Å²) in [5, 5.41) is 6.11. The first-order chi connectivity index (χ1) is 12.9. The monoisotopic (exact) mass is 378 g/mol. The van der Waals surface area contributed by atoms with Gasteiger partial charge in [0.15, 0.2) is 11.5 Å². The molecule has 0 atom stereocenters. The fourth-order valence-corrected chi connectivity index (χ4v) is 2.51. The van der Waals surface area contributed by atoms with E-state index in [4.69, 9.17) is 0 Å². The van der Waals surface area contributed by atoms with Gasteiger partial charge < -0.3 is 5.32 Å². The van der Waals surface area contributed by atoms with E-state index < -0.39 is 23.3 Å². The highest BCUT2D eigenvalue weighted by molar-refractivity contribution is 5.95. The molecule has 5 nitrogen and oxygen atoms in total. The van der Waals surface area contributed by atoms with E-state index in [1.165, 1.54) is 30.5 Å². The lowest BCUT2D eigenvalue weighted by molar-refractivity contribution is -0.143. The molecule has 1 N–H and O–H groups in total. The predicted molar refractivity (Wildman–Crippen MR) is 88.8 cm³/mol. The Balaban J connectivity index is 1.78. The number of carbonyl (C=O) groups is 1. The van der Waals surface area contributed by atoms with Crippen LogP contribution in [0.25, 0.3) is 5.82 Å². The number of hydrogen-bond acceptors (Lipinski definition) is 3. The second kappa shape index (κ2) is 7.56. The van der Waals surface area contributed by atoms with Gasteiger partial charge in [-0.3, -0.25) is 4.79 Å². The average Bonchev–Trinajstić information content (AvgIpc) is 3.10. The van der Waals surface area contributed by atoms with Crippen molar-refractivity contribution in [1.82, 2.24) is 20.1 Å². The van der Waals surface area contributed by atoms with Gasteiger partial charge in [0.25, 0.3) is 5.91 Å². The minimum Gasteiger partial charge on any atom is -0.352 e. The summed E-state index contributed by atoms with van der Waals surface area (Å²) in [5.41, 5.74) is -1.04. The highest BCUT2D eigenvalue weighted by Crippen LogP contribution is 2.33. The van der Waals surface area contributed by atoms with E-state index in [9.17, 15) is 22.4 Å². The molecule has 0 fully saturated rings. The van der Waals surface area contributed by atoms with Crippen molar-refractivity contribution in [2.75, 3.05) is 6.54 Å².